The molecule has 1 aromatic carbocycles. The number of Topliss-reactive ketones (excluding diaryl/α,β-unsaturated/α-hetero) is 1. The molecule has 2 heterocycles. The van der Waals surface area contributed by atoms with Crippen LogP contribution < -0.4 is 4.90 Å². The molecule has 0 bridgehead atoms. The fourth-order valence-corrected chi connectivity index (χ4v) is 3.36. The predicted octanol–water partition coefficient (Wildman–Crippen LogP) is 3.25. The Morgan fingerprint density at radius 2 is 1.96 bits per heavy atom. The minimum absolute atomic E-state index is 0. The van der Waals surface area contributed by atoms with Crippen LogP contribution in [-0.4, -0.2) is 53.3 Å². The normalized spacial score (nSPS) is 15.4. The summed E-state index contributed by atoms with van der Waals surface area (Å²) in [5.74, 6) is 0.493. The van der Waals surface area contributed by atoms with Crippen LogP contribution in [-0.2, 0) is 6.54 Å². The van der Waals surface area contributed by atoms with E-state index in [1.165, 1.54) is 11.8 Å². The summed E-state index contributed by atoms with van der Waals surface area (Å²) < 4.78 is 0. The first-order chi connectivity index (χ1) is 12.7. The number of nitrogens with zero attached hydrogens (tertiary/aromatic N) is 4. The second-order valence-electron chi connectivity index (χ2n) is 6.62. The SMILES string of the molecule is CN(c1ccc(C(=O)C=NO)cn1)C1CCN(Cc2ccccc2)CC1.Cl. The Kier molecular flexibility index (Phi) is 7.76. The average Bonchev–Trinajstić information content (AvgIpc) is 2.69. The van der Waals surface area contributed by atoms with E-state index in [9.17, 15) is 4.79 Å². The lowest BCUT2D eigenvalue weighted by atomic mass is 10.0. The molecule has 1 N–H and O–H groups in total. The van der Waals surface area contributed by atoms with Gasteiger partial charge in [-0.2, -0.15) is 0 Å². The standard InChI is InChI=1S/C20H24N4O2.ClH/c1-23(20-8-7-17(13-21-20)19(25)14-22-26)18-9-11-24(12-10-18)15-16-5-3-2-4-6-16;/h2-8,13-14,18,26H,9-12,15H2,1H3;1H. The van der Waals surface area contributed by atoms with Crippen molar-refractivity contribution < 1.29 is 10.0 Å². The molecule has 0 atom stereocenters. The highest BCUT2D eigenvalue weighted by atomic mass is 35.5. The van der Waals surface area contributed by atoms with E-state index in [4.69, 9.17) is 5.21 Å². The Bertz CT molecular complexity index is 744. The molecule has 0 radical (unpaired) electrons. The quantitative estimate of drug-likeness (QED) is 0.356. The zero-order valence-electron chi connectivity index (χ0n) is 15.4. The zero-order valence-corrected chi connectivity index (χ0v) is 16.2. The number of piperidine rings is 1. The number of carbonyl (C=O) groups is 1. The molecule has 27 heavy (non-hydrogen) atoms. The van der Waals surface area contributed by atoms with E-state index in [1.54, 1.807) is 6.07 Å². The highest BCUT2D eigenvalue weighted by Crippen LogP contribution is 2.21. The number of ketones is 1. The maximum absolute atomic E-state index is 11.6. The summed E-state index contributed by atoms with van der Waals surface area (Å²) in [5, 5.41) is 11.2. The molecule has 0 saturated carbocycles. The van der Waals surface area contributed by atoms with Crippen molar-refractivity contribution in [2.75, 3.05) is 25.0 Å². The van der Waals surface area contributed by atoms with Crippen LogP contribution in [0.2, 0.25) is 0 Å². The van der Waals surface area contributed by atoms with Crippen molar-refractivity contribution in [2.45, 2.75) is 25.4 Å². The Morgan fingerprint density at radius 3 is 2.56 bits per heavy atom. The average molecular weight is 389 g/mol. The Hall–Kier alpha value is -2.44. The van der Waals surface area contributed by atoms with Gasteiger partial charge in [-0.15, -0.1) is 12.4 Å². The summed E-state index contributed by atoms with van der Waals surface area (Å²) in [6.07, 6.45) is 4.58. The van der Waals surface area contributed by atoms with Crippen molar-refractivity contribution in [3.05, 3.63) is 59.8 Å². The van der Waals surface area contributed by atoms with Crippen LogP contribution in [0.4, 0.5) is 5.82 Å². The number of pyridine rings is 1. The number of anilines is 1. The van der Waals surface area contributed by atoms with E-state index >= 15 is 0 Å². The summed E-state index contributed by atoms with van der Waals surface area (Å²) in [6, 6.07) is 14.6. The minimum atomic E-state index is -0.358. The van der Waals surface area contributed by atoms with Crippen molar-refractivity contribution >= 4 is 30.2 Å². The monoisotopic (exact) mass is 388 g/mol. The molecule has 0 amide bonds. The van der Waals surface area contributed by atoms with Gasteiger partial charge in [0.25, 0.3) is 0 Å². The van der Waals surface area contributed by atoms with Crippen molar-refractivity contribution in [1.29, 1.82) is 0 Å². The van der Waals surface area contributed by atoms with E-state index in [1.807, 2.05) is 12.1 Å². The molecule has 144 valence electrons. The zero-order chi connectivity index (χ0) is 18.4. The second-order valence-corrected chi connectivity index (χ2v) is 6.62. The Balaban J connectivity index is 0.00000261. The van der Waals surface area contributed by atoms with Gasteiger partial charge >= 0.3 is 0 Å². The van der Waals surface area contributed by atoms with Gasteiger partial charge in [-0.1, -0.05) is 35.5 Å². The number of benzene rings is 1. The second kappa shape index (κ2) is 10.0. The van der Waals surface area contributed by atoms with Crippen LogP contribution in [0.15, 0.2) is 53.8 Å². The van der Waals surface area contributed by atoms with E-state index < -0.39 is 0 Å². The summed E-state index contributed by atoms with van der Waals surface area (Å²) in [6.45, 7) is 3.12. The fraction of sp³-hybridized carbons (Fsp3) is 0.350. The minimum Gasteiger partial charge on any atom is -0.411 e. The molecule has 1 saturated heterocycles. The lowest BCUT2D eigenvalue weighted by molar-refractivity contribution is 0.106. The van der Waals surface area contributed by atoms with E-state index in [0.29, 0.717) is 11.6 Å². The number of rotatable bonds is 6. The number of carbonyl (C=O) groups excluding carboxylic acids is 1. The molecular weight excluding hydrogens is 364 g/mol. The predicted molar refractivity (Wildman–Crippen MR) is 109 cm³/mol. The summed E-state index contributed by atoms with van der Waals surface area (Å²) in [4.78, 5) is 20.7. The van der Waals surface area contributed by atoms with Crippen LogP contribution >= 0.6 is 12.4 Å². The maximum atomic E-state index is 11.6. The summed E-state index contributed by atoms with van der Waals surface area (Å²) in [7, 11) is 2.05. The van der Waals surface area contributed by atoms with Crippen LogP contribution in [0.25, 0.3) is 0 Å². The molecule has 3 rings (SSSR count). The van der Waals surface area contributed by atoms with E-state index in [0.717, 1.165) is 44.5 Å². The summed E-state index contributed by atoms with van der Waals surface area (Å²) in [5.41, 5.74) is 1.77. The molecule has 0 aliphatic carbocycles. The first-order valence-electron chi connectivity index (χ1n) is 8.84. The first-order valence-corrected chi connectivity index (χ1v) is 8.84. The lowest BCUT2D eigenvalue weighted by Crippen LogP contribution is -2.43. The van der Waals surface area contributed by atoms with Crippen molar-refractivity contribution in [3.8, 4) is 0 Å². The summed E-state index contributed by atoms with van der Waals surface area (Å²) >= 11 is 0. The maximum Gasteiger partial charge on any atom is 0.208 e. The van der Waals surface area contributed by atoms with Gasteiger partial charge in [0.15, 0.2) is 0 Å². The molecule has 1 aliphatic heterocycles. The third kappa shape index (κ3) is 5.52. The molecule has 7 heteroatoms. The van der Waals surface area contributed by atoms with E-state index in [-0.39, 0.29) is 18.2 Å². The topological polar surface area (TPSA) is 69.0 Å². The largest absolute Gasteiger partial charge is 0.411 e. The number of aromatic nitrogens is 1. The Morgan fingerprint density at radius 1 is 1.26 bits per heavy atom. The van der Waals surface area contributed by atoms with E-state index in [2.05, 4.69) is 51.3 Å². The molecule has 6 nitrogen and oxygen atoms in total. The molecule has 1 aliphatic rings. The highest BCUT2D eigenvalue weighted by Gasteiger charge is 2.23. The Labute approximate surface area is 165 Å². The van der Waals surface area contributed by atoms with Crippen molar-refractivity contribution in [3.63, 3.8) is 0 Å². The van der Waals surface area contributed by atoms with Gasteiger partial charge in [0.1, 0.15) is 12.0 Å². The van der Waals surface area contributed by atoms with Gasteiger partial charge < -0.3 is 10.1 Å². The fourth-order valence-electron chi connectivity index (χ4n) is 3.36. The van der Waals surface area contributed by atoms with Crippen molar-refractivity contribution in [2.24, 2.45) is 5.16 Å². The van der Waals surface area contributed by atoms with Gasteiger partial charge in [-0.25, -0.2) is 4.98 Å². The number of hydrogen-bond acceptors (Lipinski definition) is 6. The molecule has 0 spiro atoms. The van der Waals surface area contributed by atoms with Crippen LogP contribution in [0.1, 0.15) is 28.8 Å². The number of halogens is 1. The van der Waals surface area contributed by atoms with Crippen LogP contribution in [0.5, 0.6) is 0 Å². The molecule has 2 aromatic rings. The third-order valence-corrected chi connectivity index (χ3v) is 4.92. The van der Waals surface area contributed by atoms with Crippen LogP contribution in [0, 0.1) is 0 Å². The van der Waals surface area contributed by atoms with Gasteiger partial charge in [0.2, 0.25) is 5.78 Å². The van der Waals surface area contributed by atoms with Crippen LogP contribution in [0.3, 0.4) is 0 Å². The molecule has 1 aromatic heterocycles. The van der Waals surface area contributed by atoms with Gasteiger partial charge in [-0.3, -0.25) is 9.69 Å². The van der Waals surface area contributed by atoms with Gasteiger partial charge in [-0.05, 0) is 30.5 Å². The first kappa shape index (κ1) is 20.9. The van der Waals surface area contributed by atoms with Gasteiger partial charge in [0, 0.05) is 44.5 Å². The van der Waals surface area contributed by atoms with Crippen molar-refractivity contribution in [1.82, 2.24) is 9.88 Å². The smallest absolute Gasteiger partial charge is 0.208 e. The highest BCUT2D eigenvalue weighted by molar-refractivity contribution is 6.35. The number of hydrogen-bond donors (Lipinski definition) is 1. The molecule has 1 fully saturated rings. The third-order valence-electron chi connectivity index (χ3n) is 4.92. The van der Waals surface area contributed by atoms with Gasteiger partial charge in [0.05, 0.1) is 0 Å². The number of oxime groups is 1. The number of likely N-dealkylation sites (tertiary alicyclic amines) is 1. The lowest BCUT2D eigenvalue weighted by Gasteiger charge is -2.37. The molecular formula is C20H25ClN4O2. The molecule has 0 unspecified atom stereocenters.